The minimum atomic E-state index is -1.21. The minimum Gasteiger partial charge on any atom is -0.507 e. The fourth-order valence-electron chi connectivity index (χ4n) is 1.31. The lowest BCUT2D eigenvalue weighted by molar-refractivity contribution is -0.127. The van der Waals surface area contributed by atoms with Crippen LogP contribution in [0.2, 0.25) is 0 Å². The topological polar surface area (TPSA) is 119 Å². The number of carbonyl (C=O) groups excluding carboxylic acids is 3. The molecule has 0 saturated heterocycles. The van der Waals surface area contributed by atoms with Crippen LogP contribution in [-0.2, 0) is 9.53 Å². The number of aromatic hydroxyl groups is 1. The summed E-state index contributed by atoms with van der Waals surface area (Å²) in [4.78, 5) is 33.5. The van der Waals surface area contributed by atoms with Gasteiger partial charge < -0.3 is 15.6 Å². The van der Waals surface area contributed by atoms with Crippen LogP contribution in [-0.4, -0.2) is 29.1 Å². The molecular formula is C12H14N2O5. The van der Waals surface area contributed by atoms with E-state index in [1.165, 1.54) is 19.1 Å². The third kappa shape index (κ3) is 3.98. The number of imide groups is 1. The van der Waals surface area contributed by atoms with Gasteiger partial charge in [0, 0.05) is 0 Å². The smallest absolute Gasteiger partial charge is 0.342 e. The molecule has 0 aliphatic carbocycles. The Bertz CT molecular complexity index is 527. The predicted molar refractivity (Wildman–Crippen MR) is 65.4 cm³/mol. The van der Waals surface area contributed by atoms with Gasteiger partial charge in [-0.25, -0.2) is 9.59 Å². The standard InChI is InChI=1S/C12H14N2O5/c1-6-3-4-8(9(15)5-6)11(17)19-7(2)10(16)14-12(13)18/h3-5,7,15H,1-2H3,(H3,13,14,16,18)/t7-/m1/s1. The van der Waals surface area contributed by atoms with Crippen LogP contribution in [0, 0.1) is 6.92 Å². The number of ether oxygens (including phenoxy) is 1. The number of amides is 3. The number of rotatable bonds is 3. The molecule has 4 N–H and O–H groups in total. The number of phenols is 1. The molecule has 0 spiro atoms. The molecule has 3 amide bonds. The van der Waals surface area contributed by atoms with Crippen molar-refractivity contribution in [3.8, 4) is 5.75 Å². The van der Waals surface area contributed by atoms with Crippen molar-refractivity contribution in [2.24, 2.45) is 5.73 Å². The maximum atomic E-state index is 11.7. The molecular weight excluding hydrogens is 252 g/mol. The van der Waals surface area contributed by atoms with Crippen LogP contribution in [0.3, 0.4) is 0 Å². The molecule has 102 valence electrons. The SMILES string of the molecule is Cc1ccc(C(=O)O[C@H](C)C(=O)NC(N)=O)c(O)c1. The lowest BCUT2D eigenvalue weighted by Gasteiger charge is -2.12. The van der Waals surface area contributed by atoms with Gasteiger partial charge in [-0.3, -0.25) is 10.1 Å². The predicted octanol–water partition coefficient (Wildman–Crippen LogP) is 0.441. The molecule has 0 heterocycles. The van der Waals surface area contributed by atoms with Crippen LogP contribution in [0.15, 0.2) is 18.2 Å². The molecule has 0 fully saturated rings. The van der Waals surface area contributed by atoms with Gasteiger partial charge in [0.05, 0.1) is 0 Å². The van der Waals surface area contributed by atoms with Gasteiger partial charge in [0.1, 0.15) is 11.3 Å². The van der Waals surface area contributed by atoms with Gasteiger partial charge in [-0.1, -0.05) is 6.07 Å². The van der Waals surface area contributed by atoms with E-state index >= 15 is 0 Å². The Kier molecular flexibility index (Phi) is 4.46. The van der Waals surface area contributed by atoms with Crippen LogP contribution in [0.25, 0.3) is 0 Å². The van der Waals surface area contributed by atoms with E-state index in [0.717, 1.165) is 5.56 Å². The van der Waals surface area contributed by atoms with E-state index < -0.39 is 24.0 Å². The number of aryl methyl sites for hydroxylation is 1. The second kappa shape index (κ2) is 5.85. The summed E-state index contributed by atoms with van der Waals surface area (Å²) in [6.07, 6.45) is -1.21. The quantitative estimate of drug-likeness (QED) is 0.686. The monoisotopic (exact) mass is 266 g/mol. The van der Waals surface area contributed by atoms with Gasteiger partial charge in [0.25, 0.3) is 5.91 Å². The van der Waals surface area contributed by atoms with Crippen molar-refractivity contribution in [3.05, 3.63) is 29.3 Å². The van der Waals surface area contributed by atoms with Crippen molar-refractivity contribution in [1.82, 2.24) is 5.32 Å². The maximum Gasteiger partial charge on any atom is 0.342 e. The highest BCUT2D eigenvalue weighted by Crippen LogP contribution is 2.19. The molecule has 1 aromatic carbocycles. The third-order valence-corrected chi connectivity index (χ3v) is 2.27. The number of phenolic OH excluding ortho intramolecular Hbond substituents is 1. The van der Waals surface area contributed by atoms with E-state index in [0.29, 0.717) is 0 Å². The summed E-state index contributed by atoms with van der Waals surface area (Å²) in [5.74, 6) is -1.95. The van der Waals surface area contributed by atoms with Crippen molar-refractivity contribution in [3.63, 3.8) is 0 Å². The number of hydrogen-bond acceptors (Lipinski definition) is 5. The number of esters is 1. The van der Waals surface area contributed by atoms with E-state index in [-0.39, 0.29) is 11.3 Å². The molecule has 0 unspecified atom stereocenters. The van der Waals surface area contributed by atoms with Gasteiger partial charge in [-0.2, -0.15) is 0 Å². The Morgan fingerprint density at radius 1 is 1.37 bits per heavy atom. The normalized spacial score (nSPS) is 11.5. The molecule has 7 nitrogen and oxygen atoms in total. The van der Waals surface area contributed by atoms with Crippen LogP contribution < -0.4 is 11.1 Å². The minimum absolute atomic E-state index is 0.0654. The summed E-state index contributed by atoms with van der Waals surface area (Å²) in [5, 5.41) is 11.4. The fourth-order valence-corrected chi connectivity index (χ4v) is 1.31. The Hall–Kier alpha value is -2.57. The van der Waals surface area contributed by atoms with E-state index in [2.05, 4.69) is 0 Å². The number of benzene rings is 1. The molecule has 0 aliphatic heterocycles. The van der Waals surface area contributed by atoms with Gasteiger partial charge in [0.15, 0.2) is 6.10 Å². The number of hydrogen-bond donors (Lipinski definition) is 3. The molecule has 7 heteroatoms. The molecule has 19 heavy (non-hydrogen) atoms. The van der Waals surface area contributed by atoms with E-state index in [1.807, 2.05) is 0 Å². The molecule has 1 rings (SSSR count). The molecule has 0 bridgehead atoms. The Morgan fingerprint density at radius 2 is 2.00 bits per heavy atom. The van der Waals surface area contributed by atoms with Gasteiger partial charge in [0.2, 0.25) is 0 Å². The van der Waals surface area contributed by atoms with Crippen LogP contribution in [0.5, 0.6) is 5.75 Å². The molecule has 0 aromatic heterocycles. The van der Waals surface area contributed by atoms with E-state index in [9.17, 15) is 19.5 Å². The number of carbonyl (C=O) groups is 3. The average molecular weight is 266 g/mol. The first-order valence-corrected chi connectivity index (χ1v) is 5.42. The highest BCUT2D eigenvalue weighted by molar-refractivity contribution is 5.98. The third-order valence-electron chi connectivity index (χ3n) is 2.27. The van der Waals surface area contributed by atoms with Crippen molar-refractivity contribution in [2.75, 3.05) is 0 Å². The highest BCUT2D eigenvalue weighted by Gasteiger charge is 2.21. The van der Waals surface area contributed by atoms with Crippen LogP contribution in [0.1, 0.15) is 22.8 Å². The van der Waals surface area contributed by atoms with Crippen molar-refractivity contribution >= 4 is 17.9 Å². The summed E-state index contributed by atoms with van der Waals surface area (Å²) < 4.78 is 4.80. The van der Waals surface area contributed by atoms with Crippen LogP contribution in [0.4, 0.5) is 4.79 Å². The summed E-state index contributed by atoms with van der Waals surface area (Å²) in [6.45, 7) is 3.03. The number of nitrogens with two attached hydrogens (primary N) is 1. The second-order valence-corrected chi connectivity index (χ2v) is 3.92. The van der Waals surface area contributed by atoms with Gasteiger partial charge in [-0.05, 0) is 31.5 Å². The first-order valence-electron chi connectivity index (χ1n) is 5.42. The second-order valence-electron chi connectivity index (χ2n) is 3.92. The number of primary amides is 1. The summed E-state index contributed by atoms with van der Waals surface area (Å²) >= 11 is 0. The Labute approximate surface area is 109 Å². The number of urea groups is 1. The Balaban J connectivity index is 2.74. The van der Waals surface area contributed by atoms with E-state index in [4.69, 9.17) is 10.5 Å². The largest absolute Gasteiger partial charge is 0.507 e. The first-order chi connectivity index (χ1) is 8.81. The molecule has 0 saturated carbocycles. The molecule has 1 aromatic rings. The van der Waals surface area contributed by atoms with Crippen molar-refractivity contribution in [2.45, 2.75) is 20.0 Å². The zero-order chi connectivity index (χ0) is 14.6. The fraction of sp³-hybridized carbons (Fsp3) is 0.250. The molecule has 0 aliphatic rings. The van der Waals surface area contributed by atoms with E-state index in [1.54, 1.807) is 18.3 Å². The zero-order valence-corrected chi connectivity index (χ0v) is 10.5. The van der Waals surface area contributed by atoms with Crippen molar-refractivity contribution < 1.29 is 24.2 Å². The molecule has 0 radical (unpaired) electrons. The molecule has 1 atom stereocenters. The Morgan fingerprint density at radius 3 is 2.53 bits per heavy atom. The van der Waals surface area contributed by atoms with Crippen molar-refractivity contribution in [1.29, 1.82) is 0 Å². The van der Waals surface area contributed by atoms with Gasteiger partial charge >= 0.3 is 12.0 Å². The lowest BCUT2D eigenvalue weighted by Crippen LogP contribution is -2.42. The number of nitrogens with one attached hydrogen (secondary N) is 1. The highest BCUT2D eigenvalue weighted by atomic mass is 16.5. The van der Waals surface area contributed by atoms with Gasteiger partial charge in [-0.15, -0.1) is 0 Å². The summed E-state index contributed by atoms with van der Waals surface area (Å²) in [6, 6.07) is 3.35. The first kappa shape index (κ1) is 14.5. The zero-order valence-electron chi connectivity index (χ0n) is 10.5. The summed E-state index contributed by atoms with van der Waals surface area (Å²) in [7, 11) is 0. The summed E-state index contributed by atoms with van der Waals surface area (Å²) in [5.41, 5.74) is 5.47. The maximum absolute atomic E-state index is 11.7. The average Bonchev–Trinajstić information content (AvgIpc) is 2.27. The van der Waals surface area contributed by atoms with Crippen LogP contribution >= 0.6 is 0 Å². The lowest BCUT2D eigenvalue weighted by atomic mass is 10.1.